The van der Waals surface area contributed by atoms with Crippen LogP contribution in [-0.2, 0) is 4.79 Å². The van der Waals surface area contributed by atoms with Crippen molar-refractivity contribution >= 4 is 39.0 Å². The first-order chi connectivity index (χ1) is 9.45. The Hall–Kier alpha value is -1.40. The number of nitrogens with zero attached hydrogens (tertiary/aromatic N) is 1. The fourth-order valence-corrected chi connectivity index (χ4v) is 2.84. The minimum atomic E-state index is -0.587. The van der Waals surface area contributed by atoms with E-state index in [1.807, 2.05) is 0 Å². The average Bonchev–Trinajstić information content (AvgIpc) is 2.66. The summed E-state index contributed by atoms with van der Waals surface area (Å²) in [6, 6.07) is 3.72. The number of fused-ring (bicyclic) bond motifs is 1. The molecule has 0 saturated heterocycles. The maximum absolute atomic E-state index is 11.7. The van der Waals surface area contributed by atoms with Crippen LogP contribution in [0.1, 0.15) is 30.6 Å². The Kier molecular flexibility index (Phi) is 4.45. The van der Waals surface area contributed by atoms with Crippen molar-refractivity contribution in [1.29, 1.82) is 0 Å². The summed E-state index contributed by atoms with van der Waals surface area (Å²) in [7, 11) is 0. The van der Waals surface area contributed by atoms with E-state index in [0.717, 1.165) is 10.2 Å². The van der Waals surface area contributed by atoms with E-state index < -0.39 is 11.7 Å². The van der Waals surface area contributed by atoms with E-state index in [1.165, 1.54) is 0 Å². The monoisotopic (exact) mass is 340 g/mol. The maximum Gasteiger partial charge on any atom is 0.296 e. The molecule has 0 saturated carbocycles. The van der Waals surface area contributed by atoms with Gasteiger partial charge in [-0.05, 0) is 48.3 Å². The van der Waals surface area contributed by atoms with Crippen molar-refractivity contribution in [2.75, 3.05) is 23.4 Å². The Labute approximate surface area is 126 Å². The lowest BCUT2D eigenvalue weighted by Crippen LogP contribution is -2.32. The summed E-state index contributed by atoms with van der Waals surface area (Å²) in [6.07, 6.45) is 0.660. The molecule has 0 atom stereocenters. The molecule has 2 rings (SSSR count). The van der Waals surface area contributed by atoms with Gasteiger partial charge in [0.25, 0.3) is 11.7 Å². The number of rotatable bonds is 5. The SMILES string of the molecule is CC(C)N(CCCO)c1cc2c(cc1Br)C(=O)C(=O)N2. The van der Waals surface area contributed by atoms with E-state index in [1.54, 1.807) is 12.1 Å². The third-order valence-corrected chi connectivity index (χ3v) is 3.91. The molecule has 108 valence electrons. The van der Waals surface area contributed by atoms with Crippen molar-refractivity contribution in [3.63, 3.8) is 0 Å². The van der Waals surface area contributed by atoms with Crippen molar-refractivity contribution in [2.45, 2.75) is 26.3 Å². The highest BCUT2D eigenvalue weighted by Crippen LogP contribution is 2.36. The van der Waals surface area contributed by atoms with E-state index >= 15 is 0 Å². The number of aliphatic hydroxyl groups excluding tert-OH is 1. The van der Waals surface area contributed by atoms with E-state index in [2.05, 4.69) is 40.0 Å². The first-order valence-corrected chi connectivity index (χ1v) is 7.31. The topological polar surface area (TPSA) is 69.6 Å². The molecule has 0 aromatic heterocycles. The molecular formula is C14H17BrN2O3. The summed E-state index contributed by atoms with van der Waals surface area (Å²) in [5.41, 5.74) is 1.85. The minimum absolute atomic E-state index is 0.126. The number of ketones is 1. The average molecular weight is 341 g/mol. The lowest BCUT2D eigenvalue weighted by atomic mass is 10.1. The van der Waals surface area contributed by atoms with Gasteiger partial charge in [-0.25, -0.2) is 0 Å². The van der Waals surface area contributed by atoms with Crippen molar-refractivity contribution in [3.05, 3.63) is 22.2 Å². The second kappa shape index (κ2) is 5.93. The zero-order chi connectivity index (χ0) is 14.9. The van der Waals surface area contributed by atoms with E-state index in [0.29, 0.717) is 24.2 Å². The number of hydrogen-bond donors (Lipinski definition) is 2. The molecule has 0 spiro atoms. The lowest BCUT2D eigenvalue weighted by molar-refractivity contribution is -0.112. The molecule has 1 heterocycles. The van der Waals surface area contributed by atoms with Crippen molar-refractivity contribution in [3.8, 4) is 0 Å². The largest absolute Gasteiger partial charge is 0.396 e. The standard InChI is InChI=1S/C14H17BrN2O3/c1-8(2)17(4-3-5-18)12-7-11-9(6-10(12)15)13(19)14(20)16-11/h6-8,18H,3-5H2,1-2H3,(H,16,19,20). The number of anilines is 2. The Morgan fingerprint density at radius 2 is 2.05 bits per heavy atom. The highest BCUT2D eigenvalue weighted by atomic mass is 79.9. The van der Waals surface area contributed by atoms with Crippen LogP contribution in [0.2, 0.25) is 0 Å². The molecule has 1 aliphatic rings. The Morgan fingerprint density at radius 1 is 1.35 bits per heavy atom. The van der Waals surface area contributed by atoms with Gasteiger partial charge in [0, 0.05) is 23.7 Å². The van der Waals surface area contributed by atoms with Crippen LogP contribution in [0.4, 0.5) is 11.4 Å². The molecule has 5 nitrogen and oxygen atoms in total. The molecule has 0 fully saturated rings. The molecule has 2 N–H and O–H groups in total. The van der Waals surface area contributed by atoms with Gasteiger partial charge in [0.2, 0.25) is 0 Å². The fraction of sp³-hybridized carbons (Fsp3) is 0.429. The molecule has 0 bridgehead atoms. The predicted molar refractivity (Wildman–Crippen MR) is 81.3 cm³/mol. The van der Waals surface area contributed by atoms with Gasteiger partial charge < -0.3 is 15.3 Å². The third kappa shape index (κ3) is 2.71. The number of amides is 1. The molecule has 1 aliphatic heterocycles. The molecule has 0 aliphatic carbocycles. The normalized spacial score (nSPS) is 13.7. The molecule has 1 aromatic rings. The quantitative estimate of drug-likeness (QED) is 0.806. The van der Waals surface area contributed by atoms with Crippen molar-refractivity contribution in [1.82, 2.24) is 0 Å². The van der Waals surface area contributed by atoms with Crippen LogP contribution < -0.4 is 10.2 Å². The first kappa shape index (κ1) is 15.0. The fourth-order valence-electron chi connectivity index (χ4n) is 2.27. The molecule has 20 heavy (non-hydrogen) atoms. The minimum Gasteiger partial charge on any atom is -0.396 e. The van der Waals surface area contributed by atoms with Crippen LogP contribution in [0.15, 0.2) is 16.6 Å². The Balaban J connectivity index is 2.40. The zero-order valence-corrected chi connectivity index (χ0v) is 13.0. The number of hydrogen-bond acceptors (Lipinski definition) is 4. The van der Waals surface area contributed by atoms with Gasteiger partial charge in [0.05, 0.1) is 16.9 Å². The smallest absolute Gasteiger partial charge is 0.296 e. The van der Waals surface area contributed by atoms with Crippen LogP contribution in [-0.4, -0.2) is 36.0 Å². The summed E-state index contributed by atoms with van der Waals surface area (Å²) in [4.78, 5) is 25.2. The van der Waals surface area contributed by atoms with E-state index in [9.17, 15) is 9.59 Å². The highest BCUT2D eigenvalue weighted by Gasteiger charge is 2.30. The van der Waals surface area contributed by atoms with Crippen LogP contribution in [0.25, 0.3) is 0 Å². The molecule has 1 aromatic carbocycles. The van der Waals surface area contributed by atoms with E-state index in [4.69, 9.17) is 5.11 Å². The van der Waals surface area contributed by atoms with Crippen LogP contribution in [0.5, 0.6) is 0 Å². The number of Topliss-reactive ketones (excluding diaryl/α,β-unsaturated/α-hetero) is 1. The lowest BCUT2D eigenvalue weighted by Gasteiger charge is -2.30. The molecule has 6 heteroatoms. The van der Waals surface area contributed by atoms with Crippen molar-refractivity contribution in [2.24, 2.45) is 0 Å². The number of benzene rings is 1. The van der Waals surface area contributed by atoms with Gasteiger partial charge in [0.1, 0.15) is 0 Å². The summed E-state index contributed by atoms with van der Waals surface area (Å²) >= 11 is 3.46. The number of carbonyl (C=O) groups excluding carboxylic acids is 2. The van der Waals surface area contributed by atoms with Gasteiger partial charge >= 0.3 is 0 Å². The molecule has 1 amide bonds. The summed E-state index contributed by atoms with van der Waals surface area (Å²) in [5, 5.41) is 11.6. The molecular weight excluding hydrogens is 324 g/mol. The van der Waals surface area contributed by atoms with Gasteiger partial charge in [-0.3, -0.25) is 9.59 Å². The molecule has 0 radical (unpaired) electrons. The van der Waals surface area contributed by atoms with Crippen LogP contribution >= 0.6 is 15.9 Å². The van der Waals surface area contributed by atoms with Gasteiger partial charge in [-0.2, -0.15) is 0 Å². The van der Waals surface area contributed by atoms with Gasteiger partial charge in [0.15, 0.2) is 0 Å². The predicted octanol–water partition coefficient (Wildman–Crippen LogP) is 2.18. The molecule has 0 unspecified atom stereocenters. The summed E-state index contributed by atoms with van der Waals surface area (Å²) < 4.78 is 0.771. The summed E-state index contributed by atoms with van der Waals surface area (Å²) in [5.74, 6) is -1.09. The van der Waals surface area contributed by atoms with Gasteiger partial charge in [-0.15, -0.1) is 0 Å². The second-order valence-corrected chi connectivity index (χ2v) is 5.85. The highest BCUT2D eigenvalue weighted by molar-refractivity contribution is 9.10. The van der Waals surface area contributed by atoms with Crippen LogP contribution in [0, 0.1) is 0 Å². The Bertz CT molecular complexity index is 558. The number of nitrogens with one attached hydrogen (secondary N) is 1. The summed E-state index contributed by atoms with van der Waals surface area (Å²) in [6.45, 7) is 4.94. The van der Waals surface area contributed by atoms with Crippen molar-refractivity contribution < 1.29 is 14.7 Å². The number of carbonyl (C=O) groups is 2. The van der Waals surface area contributed by atoms with Gasteiger partial charge in [-0.1, -0.05) is 0 Å². The first-order valence-electron chi connectivity index (χ1n) is 6.52. The Morgan fingerprint density at radius 3 is 2.65 bits per heavy atom. The van der Waals surface area contributed by atoms with Crippen LogP contribution in [0.3, 0.4) is 0 Å². The number of halogens is 1. The number of aliphatic hydroxyl groups is 1. The van der Waals surface area contributed by atoms with E-state index in [-0.39, 0.29) is 12.6 Å². The maximum atomic E-state index is 11.7. The second-order valence-electron chi connectivity index (χ2n) is 5.00. The zero-order valence-electron chi connectivity index (χ0n) is 11.4. The third-order valence-electron chi connectivity index (χ3n) is 3.28.